The lowest BCUT2D eigenvalue weighted by Crippen LogP contribution is -2.43. The van der Waals surface area contributed by atoms with Crippen molar-refractivity contribution in [2.75, 3.05) is 0 Å². The second kappa shape index (κ2) is 21.2. The summed E-state index contributed by atoms with van der Waals surface area (Å²) in [5, 5.41) is 0. The Labute approximate surface area is 380 Å². The molecular weight excluding hydrogens is 785 g/mol. The molecule has 8 bridgehead atoms. The maximum Gasteiger partial charge on any atom is 0.146 e. The first-order valence-corrected chi connectivity index (χ1v) is 29.2. The first-order chi connectivity index (χ1) is 29.5. The van der Waals surface area contributed by atoms with Crippen LogP contribution < -0.4 is 0 Å². The van der Waals surface area contributed by atoms with Gasteiger partial charge in [-0.1, -0.05) is 148 Å². The molecule has 0 saturated carbocycles. The zero-order valence-electron chi connectivity index (χ0n) is 41.8. The highest BCUT2D eigenvalue weighted by molar-refractivity contribution is 6.91. The van der Waals surface area contributed by atoms with Gasteiger partial charge in [0, 0.05) is 22.2 Å². The van der Waals surface area contributed by atoms with E-state index in [-0.39, 0.29) is 0 Å². The number of aromatic amines is 2. The van der Waals surface area contributed by atoms with E-state index >= 15 is 0 Å². The Balaban J connectivity index is 2.06. The number of H-pyrrole nitrogens is 2. The highest BCUT2D eigenvalue weighted by Gasteiger charge is 2.43. The van der Waals surface area contributed by atoms with Crippen molar-refractivity contribution in [3.8, 4) is 22.9 Å². The minimum absolute atomic E-state index is 0.352. The maximum absolute atomic E-state index is 5.59. The Hall–Kier alpha value is -3.85. The second-order valence-corrected chi connectivity index (χ2v) is 31.5. The Bertz CT molecular complexity index is 2220. The molecule has 4 nitrogen and oxygen atoms in total. The normalized spacial score (nSPS) is 14.0. The van der Waals surface area contributed by atoms with Gasteiger partial charge in [0.2, 0.25) is 0 Å². The van der Waals surface area contributed by atoms with Gasteiger partial charge in [-0.15, -0.1) is 11.1 Å². The van der Waals surface area contributed by atoms with Crippen molar-refractivity contribution in [3.63, 3.8) is 0 Å². The van der Waals surface area contributed by atoms with Gasteiger partial charge in [-0.2, -0.15) is 0 Å². The van der Waals surface area contributed by atoms with Crippen LogP contribution in [0.4, 0.5) is 0 Å². The van der Waals surface area contributed by atoms with Crippen LogP contribution in [0.3, 0.4) is 0 Å². The summed E-state index contributed by atoms with van der Waals surface area (Å²) in [6.07, 6.45) is 17.9. The van der Waals surface area contributed by atoms with Gasteiger partial charge in [0.05, 0.1) is 44.9 Å². The van der Waals surface area contributed by atoms with Crippen molar-refractivity contribution in [2.45, 2.75) is 207 Å². The molecule has 0 spiro atoms. The third-order valence-electron chi connectivity index (χ3n) is 15.0. The summed E-state index contributed by atoms with van der Waals surface area (Å²) in [6, 6.07) is 9.15. The molecule has 3 aromatic heterocycles. The highest BCUT2D eigenvalue weighted by Crippen LogP contribution is 2.43. The Morgan fingerprint density at radius 2 is 0.774 bits per heavy atom. The molecule has 0 aromatic carbocycles. The molecule has 2 unspecified atom stereocenters. The number of nitrogens with zero attached hydrogens (tertiary/aromatic N) is 2. The zero-order chi connectivity index (χ0) is 45.5. The number of fused-ring (bicyclic) bond motifs is 8. The predicted molar refractivity (Wildman–Crippen MR) is 280 cm³/mol. The number of hydrogen-bond donors (Lipinski definition) is 2. The van der Waals surface area contributed by atoms with Gasteiger partial charge in [0.1, 0.15) is 16.1 Å². The Morgan fingerprint density at radius 3 is 1.10 bits per heavy atom. The molecule has 3 aromatic rings. The van der Waals surface area contributed by atoms with Crippen LogP contribution >= 0.6 is 0 Å². The van der Waals surface area contributed by atoms with E-state index in [1.165, 1.54) is 24.0 Å². The molecule has 2 atom stereocenters. The number of unbranched alkanes of at least 4 members (excludes halogenated alkanes) is 2. The number of nitrogens with one attached hydrogen (secondary N) is 2. The molecule has 6 heteroatoms. The molecule has 2 N–H and O–H groups in total. The molecule has 0 radical (unpaired) electrons. The van der Waals surface area contributed by atoms with Gasteiger partial charge in [0.25, 0.3) is 0 Å². The van der Waals surface area contributed by atoms with E-state index < -0.39 is 16.1 Å². The van der Waals surface area contributed by atoms with Crippen LogP contribution in [0.5, 0.6) is 0 Å². The van der Waals surface area contributed by atoms with Crippen molar-refractivity contribution in [1.82, 2.24) is 19.9 Å². The van der Waals surface area contributed by atoms with Crippen molar-refractivity contribution in [1.29, 1.82) is 0 Å². The predicted octanol–water partition coefficient (Wildman–Crippen LogP) is 17.2. The average molecular weight is 867 g/mol. The number of aromatic nitrogens is 4. The molecule has 0 aliphatic carbocycles. The van der Waals surface area contributed by atoms with Crippen molar-refractivity contribution >= 4 is 62.5 Å². The first-order valence-electron chi connectivity index (χ1n) is 24.7. The van der Waals surface area contributed by atoms with Crippen LogP contribution in [0.25, 0.3) is 46.4 Å². The Kier molecular flexibility index (Phi) is 16.8. The van der Waals surface area contributed by atoms with Crippen molar-refractivity contribution in [2.24, 2.45) is 0 Å². The van der Waals surface area contributed by atoms with Gasteiger partial charge in [0.15, 0.2) is 0 Å². The minimum Gasteiger partial charge on any atom is -0.354 e. The van der Waals surface area contributed by atoms with Gasteiger partial charge < -0.3 is 9.97 Å². The lowest BCUT2D eigenvalue weighted by molar-refractivity contribution is 0.570. The van der Waals surface area contributed by atoms with Gasteiger partial charge in [-0.05, 0) is 119 Å². The zero-order valence-corrected chi connectivity index (χ0v) is 43.8. The molecule has 0 saturated heterocycles. The van der Waals surface area contributed by atoms with E-state index in [1.807, 2.05) is 0 Å². The summed E-state index contributed by atoms with van der Waals surface area (Å²) in [5.41, 5.74) is 24.3. The van der Waals surface area contributed by atoms with Crippen LogP contribution in [0, 0.1) is 22.9 Å². The maximum atomic E-state index is 5.59. The molecule has 62 heavy (non-hydrogen) atoms. The highest BCUT2D eigenvalue weighted by atomic mass is 28.3. The SMILES string of the molecule is CCCCC(CC)c1c2nc(c(C#C[Si](C(C)C)(C(C)C)C(C)C)c3nc(c(C(CC)CCCC)c4ccc([nH]4)c(C#C[Si](C(C)C)(C(C)C)C(C)C)c4ccc1[nH]4)C=C3)C=C2. The van der Waals surface area contributed by atoms with Crippen LogP contribution in [-0.2, 0) is 0 Å². The standard InChI is InChI=1S/C56H82N4Si2/c1-17-21-23-43(19-3)55-51-29-25-47(57-51)45(33-35-61(37(5)6,38(7)8)39(9)10)49-27-31-53(59-49)56(44(20-4)24-22-18-2)54-32-28-50(60-54)46(48-26-30-52(55)58-48)34-36-62(40(11)12,41(13)14)42(15)16/h25-32,37-44,57,59H,17-24H2,1-16H3. The quantitative estimate of drug-likeness (QED) is 0.0767. The number of rotatable bonds is 16. The fourth-order valence-corrected chi connectivity index (χ4v) is 22.0. The van der Waals surface area contributed by atoms with E-state index in [2.05, 4.69) is 192 Å². The largest absolute Gasteiger partial charge is 0.354 e. The van der Waals surface area contributed by atoms with Crippen LogP contribution in [0.1, 0.15) is 219 Å². The molecule has 2 aliphatic heterocycles. The molecule has 334 valence electrons. The summed E-state index contributed by atoms with van der Waals surface area (Å²) in [7, 11) is -4.11. The van der Waals surface area contributed by atoms with E-state index in [0.717, 1.165) is 94.5 Å². The molecule has 0 amide bonds. The van der Waals surface area contributed by atoms with Crippen molar-refractivity contribution < 1.29 is 0 Å². The first kappa shape index (κ1) is 49.2. The summed E-state index contributed by atoms with van der Waals surface area (Å²) < 4.78 is 0. The monoisotopic (exact) mass is 867 g/mol. The second-order valence-electron chi connectivity index (χ2n) is 20.4. The van der Waals surface area contributed by atoms with E-state index in [0.29, 0.717) is 45.1 Å². The summed E-state index contributed by atoms with van der Waals surface area (Å²) in [5.74, 6) is 8.54. The van der Waals surface area contributed by atoms with E-state index in [9.17, 15) is 0 Å². The average Bonchev–Trinajstić information content (AvgIpc) is 4.06. The fourth-order valence-electron chi connectivity index (χ4n) is 11.6. The van der Waals surface area contributed by atoms with Crippen LogP contribution in [0.15, 0.2) is 24.3 Å². The third-order valence-corrected chi connectivity index (χ3v) is 27.6. The fraction of sp³-hybridized carbons (Fsp3) is 0.571. The summed E-state index contributed by atoms with van der Waals surface area (Å²) in [4.78, 5) is 19.2. The topological polar surface area (TPSA) is 57.4 Å². The van der Waals surface area contributed by atoms with E-state index in [1.54, 1.807) is 0 Å². The molecule has 5 heterocycles. The molecule has 5 rings (SSSR count). The lowest BCUT2D eigenvalue weighted by Gasteiger charge is -2.38. The van der Waals surface area contributed by atoms with Gasteiger partial charge >= 0.3 is 0 Å². The van der Waals surface area contributed by atoms with Crippen LogP contribution in [-0.4, -0.2) is 36.1 Å². The van der Waals surface area contributed by atoms with Gasteiger partial charge in [-0.25, -0.2) is 9.97 Å². The lowest BCUT2D eigenvalue weighted by atomic mass is 9.90. The van der Waals surface area contributed by atoms with Gasteiger partial charge in [-0.3, -0.25) is 0 Å². The minimum atomic E-state index is -2.06. The van der Waals surface area contributed by atoms with Crippen molar-refractivity contribution in [3.05, 3.63) is 69.3 Å². The third kappa shape index (κ3) is 9.78. The Morgan fingerprint density at radius 1 is 0.452 bits per heavy atom. The van der Waals surface area contributed by atoms with E-state index in [4.69, 9.17) is 9.97 Å². The smallest absolute Gasteiger partial charge is 0.146 e. The molecule has 0 fully saturated rings. The van der Waals surface area contributed by atoms with Crippen LogP contribution in [0.2, 0.25) is 33.2 Å². The molecule has 2 aliphatic rings. The summed E-state index contributed by atoms with van der Waals surface area (Å²) in [6.45, 7) is 38.1. The molecular formula is C56H82N4Si2. The number of hydrogen-bond acceptors (Lipinski definition) is 2. The summed E-state index contributed by atoms with van der Waals surface area (Å²) >= 11 is 0.